The van der Waals surface area contributed by atoms with Crippen LogP contribution in [0.1, 0.15) is 39.5 Å². The van der Waals surface area contributed by atoms with Crippen molar-refractivity contribution < 1.29 is 4.42 Å². The van der Waals surface area contributed by atoms with Gasteiger partial charge in [-0.25, -0.2) is 0 Å². The fourth-order valence-electron chi connectivity index (χ4n) is 2.56. The number of nitrogens with one attached hydrogen (secondary N) is 1. The van der Waals surface area contributed by atoms with Gasteiger partial charge in [0.2, 0.25) is 11.8 Å². The minimum atomic E-state index is 0.423. The van der Waals surface area contributed by atoms with Crippen molar-refractivity contribution in [3.8, 4) is 11.5 Å². The van der Waals surface area contributed by atoms with Gasteiger partial charge in [0.25, 0.3) is 0 Å². The van der Waals surface area contributed by atoms with Crippen molar-refractivity contribution in [1.82, 2.24) is 20.4 Å². The van der Waals surface area contributed by atoms with Crippen LogP contribution in [0.4, 0.5) is 0 Å². The third-order valence-corrected chi connectivity index (χ3v) is 4.42. The molecule has 1 atom stereocenters. The topological polar surface area (TPSA) is 54.2 Å². The molecule has 24 heavy (non-hydrogen) atoms. The highest BCUT2D eigenvalue weighted by Crippen LogP contribution is 2.20. The Hall–Kier alpha value is -1.43. The van der Waals surface area contributed by atoms with Gasteiger partial charge in [-0.05, 0) is 63.7 Å². The van der Waals surface area contributed by atoms with Gasteiger partial charge in [-0.2, -0.15) is 0 Å². The van der Waals surface area contributed by atoms with Crippen molar-refractivity contribution in [1.29, 1.82) is 0 Å². The molecule has 0 fully saturated rings. The van der Waals surface area contributed by atoms with Crippen molar-refractivity contribution in [2.24, 2.45) is 0 Å². The van der Waals surface area contributed by atoms with E-state index < -0.39 is 0 Å². The maximum absolute atomic E-state index is 5.89. The van der Waals surface area contributed by atoms with Crippen LogP contribution in [-0.4, -0.2) is 40.8 Å². The van der Waals surface area contributed by atoms with Crippen molar-refractivity contribution in [3.05, 3.63) is 35.2 Å². The summed E-state index contributed by atoms with van der Waals surface area (Å²) < 4.78 is 5.70. The highest BCUT2D eigenvalue weighted by molar-refractivity contribution is 6.30. The standard InChI is InChI=1S/C18H27ClN4O/c1-4-23(5-2)12-6-7-14(3)20-13-17-21-22-18(24-17)15-8-10-16(19)11-9-15/h8-11,14,20H,4-7,12-13H2,1-3H3/t14-/m0/s1. The first-order valence-electron chi connectivity index (χ1n) is 8.66. The average Bonchev–Trinajstić information content (AvgIpc) is 3.06. The van der Waals surface area contributed by atoms with E-state index in [1.165, 1.54) is 6.42 Å². The van der Waals surface area contributed by atoms with E-state index >= 15 is 0 Å². The third-order valence-electron chi connectivity index (χ3n) is 4.17. The number of nitrogens with zero attached hydrogens (tertiary/aromatic N) is 3. The van der Waals surface area contributed by atoms with Gasteiger partial charge < -0.3 is 14.6 Å². The molecule has 1 aromatic heterocycles. The number of aromatic nitrogens is 2. The van der Waals surface area contributed by atoms with E-state index in [2.05, 4.69) is 41.2 Å². The van der Waals surface area contributed by atoms with Crippen LogP contribution in [0.3, 0.4) is 0 Å². The van der Waals surface area contributed by atoms with E-state index in [0.29, 0.717) is 29.4 Å². The number of halogens is 1. The summed E-state index contributed by atoms with van der Waals surface area (Å²) in [5, 5.41) is 12.3. The molecule has 0 unspecified atom stereocenters. The Labute approximate surface area is 149 Å². The fraction of sp³-hybridized carbons (Fsp3) is 0.556. The molecule has 2 rings (SSSR count). The Bertz CT molecular complexity index is 595. The quantitative estimate of drug-likeness (QED) is 0.702. The molecule has 0 aliphatic carbocycles. The van der Waals surface area contributed by atoms with Gasteiger partial charge in [0.15, 0.2) is 0 Å². The molecule has 5 nitrogen and oxygen atoms in total. The van der Waals surface area contributed by atoms with E-state index in [1.54, 1.807) is 0 Å². The average molecular weight is 351 g/mol. The molecule has 2 aromatic rings. The fourth-order valence-corrected chi connectivity index (χ4v) is 2.68. The van der Waals surface area contributed by atoms with Crippen LogP contribution in [0.15, 0.2) is 28.7 Å². The number of rotatable bonds is 10. The lowest BCUT2D eigenvalue weighted by atomic mass is 10.1. The van der Waals surface area contributed by atoms with Crippen LogP contribution < -0.4 is 5.32 Å². The molecular formula is C18H27ClN4O. The normalized spacial score (nSPS) is 12.7. The van der Waals surface area contributed by atoms with Gasteiger partial charge in [0, 0.05) is 16.6 Å². The molecule has 1 N–H and O–H groups in total. The van der Waals surface area contributed by atoms with Crippen molar-refractivity contribution in [3.63, 3.8) is 0 Å². The predicted molar refractivity (Wildman–Crippen MR) is 98.1 cm³/mol. The van der Waals surface area contributed by atoms with Crippen LogP contribution in [0, 0.1) is 0 Å². The summed E-state index contributed by atoms with van der Waals surface area (Å²) in [4.78, 5) is 2.45. The molecule has 0 spiro atoms. The zero-order valence-corrected chi connectivity index (χ0v) is 15.5. The van der Waals surface area contributed by atoms with E-state index in [-0.39, 0.29) is 0 Å². The van der Waals surface area contributed by atoms with Crippen molar-refractivity contribution in [2.45, 2.75) is 46.2 Å². The van der Waals surface area contributed by atoms with Crippen LogP contribution in [-0.2, 0) is 6.54 Å². The van der Waals surface area contributed by atoms with E-state index in [0.717, 1.165) is 31.6 Å². The van der Waals surface area contributed by atoms with E-state index in [4.69, 9.17) is 16.0 Å². The second kappa shape index (κ2) is 9.77. The first kappa shape index (κ1) is 18.9. The molecule has 1 heterocycles. The van der Waals surface area contributed by atoms with E-state index in [9.17, 15) is 0 Å². The highest BCUT2D eigenvalue weighted by atomic mass is 35.5. The number of hydrogen-bond acceptors (Lipinski definition) is 5. The molecule has 6 heteroatoms. The molecule has 0 aliphatic heterocycles. The molecule has 132 valence electrons. The first-order valence-corrected chi connectivity index (χ1v) is 9.04. The largest absolute Gasteiger partial charge is 0.419 e. The van der Waals surface area contributed by atoms with Crippen LogP contribution in [0.5, 0.6) is 0 Å². The van der Waals surface area contributed by atoms with Crippen LogP contribution in [0.2, 0.25) is 5.02 Å². The number of hydrogen-bond donors (Lipinski definition) is 1. The lowest BCUT2D eigenvalue weighted by Crippen LogP contribution is -2.28. The molecular weight excluding hydrogens is 324 g/mol. The first-order chi connectivity index (χ1) is 11.6. The summed E-state index contributed by atoms with van der Waals surface area (Å²) in [6.45, 7) is 10.6. The monoisotopic (exact) mass is 350 g/mol. The van der Waals surface area contributed by atoms with Gasteiger partial charge in [0.1, 0.15) is 0 Å². The van der Waals surface area contributed by atoms with Crippen molar-refractivity contribution >= 4 is 11.6 Å². The lowest BCUT2D eigenvalue weighted by Gasteiger charge is -2.19. The maximum Gasteiger partial charge on any atom is 0.247 e. The summed E-state index contributed by atoms with van der Waals surface area (Å²) in [5.74, 6) is 1.13. The smallest absolute Gasteiger partial charge is 0.247 e. The van der Waals surface area contributed by atoms with Gasteiger partial charge in [-0.3, -0.25) is 0 Å². The van der Waals surface area contributed by atoms with Crippen LogP contribution in [0.25, 0.3) is 11.5 Å². The Kier molecular flexibility index (Phi) is 7.69. The summed E-state index contributed by atoms with van der Waals surface area (Å²) in [6.07, 6.45) is 2.32. The lowest BCUT2D eigenvalue weighted by molar-refractivity contribution is 0.289. The van der Waals surface area contributed by atoms with Gasteiger partial charge in [-0.1, -0.05) is 25.4 Å². The summed E-state index contributed by atoms with van der Waals surface area (Å²) >= 11 is 5.89. The van der Waals surface area contributed by atoms with Crippen molar-refractivity contribution in [2.75, 3.05) is 19.6 Å². The molecule has 0 saturated carbocycles. The Morgan fingerprint density at radius 3 is 2.54 bits per heavy atom. The molecule has 0 saturated heterocycles. The maximum atomic E-state index is 5.89. The number of benzene rings is 1. The Balaban J connectivity index is 1.75. The van der Waals surface area contributed by atoms with Crippen LogP contribution >= 0.6 is 11.6 Å². The summed E-state index contributed by atoms with van der Waals surface area (Å²) in [6, 6.07) is 7.81. The summed E-state index contributed by atoms with van der Waals surface area (Å²) in [7, 11) is 0. The zero-order valence-electron chi connectivity index (χ0n) is 14.8. The minimum Gasteiger partial charge on any atom is -0.419 e. The molecule has 1 aromatic carbocycles. The minimum absolute atomic E-state index is 0.423. The second-order valence-corrected chi connectivity index (χ2v) is 6.40. The van der Waals surface area contributed by atoms with Gasteiger partial charge in [0.05, 0.1) is 6.54 Å². The molecule has 0 radical (unpaired) electrons. The van der Waals surface area contributed by atoms with E-state index in [1.807, 2.05) is 24.3 Å². The molecule has 0 amide bonds. The molecule has 0 bridgehead atoms. The highest BCUT2D eigenvalue weighted by Gasteiger charge is 2.10. The summed E-state index contributed by atoms with van der Waals surface area (Å²) in [5.41, 5.74) is 0.880. The molecule has 0 aliphatic rings. The van der Waals surface area contributed by atoms with Gasteiger partial charge in [-0.15, -0.1) is 10.2 Å². The predicted octanol–water partition coefficient (Wildman–Crippen LogP) is 3.99. The zero-order chi connectivity index (χ0) is 17.4. The Morgan fingerprint density at radius 1 is 1.17 bits per heavy atom. The SMILES string of the molecule is CCN(CC)CCC[C@H](C)NCc1nnc(-c2ccc(Cl)cc2)o1. The second-order valence-electron chi connectivity index (χ2n) is 5.96. The Morgan fingerprint density at radius 2 is 1.88 bits per heavy atom. The third kappa shape index (κ3) is 5.89. The van der Waals surface area contributed by atoms with Gasteiger partial charge >= 0.3 is 0 Å².